The van der Waals surface area contributed by atoms with Gasteiger partial charge in [0, 0.05) is 24.1 Å². The van der Waals surface area contributed by atoms with Crippen LogP contribution in [0.15, 0.2) is 23.6 Å². The summed E-state index contributed by atoms with van der Waals surface area (Å²) in [5.41, 5.74) is 2.39. The average Bonchev–Trinajstić information content (AvgIpc) is 3.36. The van der Waals surface area contributed by atoms with Crippen LogP contribution in [0.3, 0.4) is 0 Å². The number of amides is 2. The van der Waals surface area contributed by atoms with Crippen molar-refractivity contribution in [3.05, 3.63) is 23.6 Å². The van der Waals surface area contributed by atoms with Crippen LogP contribution in [0.5, 0.6) is 5.75 Å². The SMILES string of the molecule is CCCN1C(=O)COc2ccc(-c3csc(NC(=O)[C@@H]4CCCO4)n3)cc21. The lowest BCUT2D eigenvalue weighted by Gasteiger charge is -2.29. The summed E-state index contributed by atoms with van der Waals surface area (Å²) in [4.78, 5) is 30.6. The molecule has 1 fully saturated rings. The van der Waals surface area contributed by atoms with Crippen molar-refractivity contribution in [1.82, 2.24) is 4.98 Å². The molecule has 7 nitrogen and oxygen atoms in total. The van der Waals surface area contributed by atoms with Crippen LogP contribution in [0.1, 0.15) is 26.2 Å². The topological polar surface area (TPSA) is 80.8 Å². The molecule has 1 aromatic carbocycles. The van der Waals surface area contributed by atoms with Crippen LogP contribution in [0, 0.1) is 0 Å². The summed E-state index contributed by atoms with van der Waals surface area (Å²) in [6, 6.07) is 5.70. The maximum atomic E-state index is 12.2. The van der Waals surface area contributed by atoms with Gasteiger partial charge >= 0.3 is 0 Å². The molecule has 0 spiro atoms. The van der Waals surface area contributed by atoms with Gasteiger partial charge in [0.05, 0.1) is 11.4 Å². The van der Waals surface area contributed by atoms with E-state index in [1.165, 1.54) is 11.3 Å². The van der Waals surface area contributed by atoms with Crippen molar-refractivity contribution in [3.63, 3.8) is 0 Å². The van der Waals surface area contributed by atoms with Gasteiger partial charge in [-0.05, 0) is 37.5 Å². The number of aromatic nitrogens is 1. The van der Waals surface area contributed by atoms with E-state index in [-0.39, 0.29) is 24.5 Å². The van der Waals surface area contributed by atoms with E-state index in [1.54, 1.807) is 4.90 Å². The van der Waals surface area contributed by atoms with Crippen LogP contribution in [0.4, 0.5) is 10.8 Å². The summed E-state index contributed by atoms with van der Waals surface area (Å²) in [6.45, 7) is 3.39. The Kier molecular flexibility index (Phi) is 5.09. The molecule has 2 aliphatic heterocycles. The van der Waals surface area contributed by atoms with Crippen LogP contribution in [-0.2, 0) is 14.3 Å². The Labute approximate surface area is 161 Å². The fourth-order valence-corrected chi connectivity index (χ4v) is 3.99. The molecule has 1 N–H and O–H groups in total. The lowest BCUT2D eigenvalue weighted by molar-refractivity contribution is -0.124. The Morgan fingerprint density at radius 3 is 3.11 bits per heavy atom. The highest BCUT2D eigenvalue weighted by atomic mass is 32.1. The first-order valence-electron chi connectivity index (χ1n) is 9.11. The van der Waals surface area contributed by atoms with Gasteiger partial charge in [-0.25, -0.2) is 4.98 Å². The molecule has 0 radical (unpaired) electrons. The second-order valence-corrected chi connectivity index (χ2v) is 7.40. The minimum atomic E-state index is -0.383. The summed E-state index contributed by atoms with van der Waals surface area (Å²) in [5, 5.41) is 5.26. The van der Waals surface area contributed by atoms with Crippen molar-refractivity contribution in [2.24, 2.45) is 0 Å². The average molecular weight is 387 g/mol. The molecular formula is C19H21N3O4S. The van der Waals surface area contributed by atoms with Gasteiger partial charge in [-0.3, -0.25) is 14.9 Å². The quantitative estimate of drug-likeness (QED) is 0.853. The normalized spacial score (nSPS) is 18.9. The Morgan fingerprint density at radius 1 is 1.44 bits per heavy atom. The number of hydrogen-bond acceptors (Lipinski definition) is 6. The molecule has 2 aromatic rings. The van der Waals surface area contributed by atoms with Gasteiger partial charge in [-0.2, -0.15) is 0 Å². The predicted molar refractivity (Wildman–Crippen MR) is 103 cm³/mol. The second-order valence-electron chi connectivity index (χ2n) is 6.55. The highest BCUT2D eigenvalue weighted by Gasteiger charge is 2.26. The standard InChI is InChI=1S/C19H21N3O4S/c1-2-7-22-14-9-12(5-6-15(14)26-10-17(22)23)13-11-27-19(20-13)21-18(24)16-4-3-8-25-16/h5-6,9,11,16H,2-4,7-8,10H2,1H3,(H,20,21,24)/t16-/m0/s1. The molecule has 2 amide bonds. The van der Waals surface area contributed by atoms with Gasteiger partial charge in [0.25, 0.3) is 11.8 Å². The minimum Gasteiger partial charge on any atom is -0.482 e. The minimum absolute atomic E-state index is 0.0377. The lowest BCUT2D eigenvalue weighted by atomic mass is 10.1. The van der Waals surface area contributed by atoms with Gasteiger partial charge in [0.15, 0.2) is 11.7 Å². The molecule has 8 heteroatoms. The number of benzene rings is 1. The van der Waals surface area contributed by atoms with Gasteiger partial charge < -0.3 is 14.4 Å². The third-order valence-electron chi connectivity index (χ3n) is 4.60. The third-order valence-corrected chi connectivity index (χ3v) is 5.36. The molecule has 4 rings (SSSR count). The summed E-state index contributed by atoms with van der Waals surface area (Å²) >= 11 is 1.37. The van der Waals surface area contributed by atoms with E-state index in [1.807, 2.05) is 30.5 Å². The van der Waals surface area contributed by atoms with Crippen molar-refractivity contribution in [2.45, 2.75) is 32.3 Å². The number of carbonyl (C=O) groups excluding carboxylic acids is 2. The highest BCUT2D eigenvalue weighted by molar-refractivity contribution is 7.14. The van der Waals surface area contributed by atoms with Crippen molar-refractivity contribution in [1.29, 1.82) is 0 Å². The number of fused-ring (bicyclic) bond motifs is 1. The zero-order valence-electron chi connectivity index (χ0n) is 15.1. The Balaban J connectivity index is 1.55. The van der Waals surface area contributed by atoms with Gasteiger partial charge in [0.1, 0.15) is 11.9 Å². The van der Waals surface area contributed by atoms with E-state index in [0.717, 1.165) is 36.2 Å². The van der Waals surface area contributed by atoms with E-state index in [4.69, 9.17) is 9.47 Å². The van der Waals surface area contributed by atoms with E-state index in [9.17, 15) is 9.59 Å². The zero-order valence-corrected chi connectivity index (χ0v) is 15.9. The number of nitrogens with one attached hydrogen (secondary N) is 1. The van der Waals surface area contributed by atoms with Crippen molar-refractivity contribution >= 4 is 34.0 Å². The van der Waals surface area contributed by atoms with Gasteiger partial charge in [-0.15, -0.1) is 11.3 Å². The molecule has 0 unspecified atom stereocenters. The summed E-state index contributed by atoms with van der Waals surface area (Å²) in [5.74, 6) is 0.519. The molecule has 27 heavy (non-hydrogen) atoms. The molecule has 2 aliphatic rings. The monoisotopic (exact) mass is 387 g/mol. The highest BCUT2D eigenvalue weighted by Crippen LogP contribution is 2.37. The molecule has 0 bridgehead atoms. The first-order valence-corrected chi connectivity index (χ1v) is 9.99. The zero-order chi connectivity index (χ0) is 18.8. The number of hydrogen-bond donors (Lipinski definition) is 1. The van der Waals surface area contributed by atoms with Crippen LogP contribution in [-0.4, -0.2) is 42.7 Å². The second kappa shape index (κ2) is 7.66. The maximum Gasteiger partial charge on any atom is 0.265 e. The van der Waals surface area contributed by atoms with Gasteiger partial charge in [-0.1, -0.05) is 6.92 Å². The smallest absolute Gasteiger partial charge is 0.265 e. The van der Waals surface area contributed by atoms with Crippen LogP contribution < -0.4 is 15.0 Å². The molecule has 1 atom stereocenters. The number of thiazole rings is 1. The Bertz CT molecular complexity index is 860. The summed E-state index contributed by atoms with van der Waals surface area (Å²) in [7, 11) is 0. The molecule has 142 valence electrons. The van der Waals surface area contributed by atoms with Crippen molar-refractivity contribution < 1.29 is 19.1 Å². The number of rotatable bonds is 5. The predicted octanol–water partition coefficient (Wildman–Crippen LogP) is 3.06. The number of anilines is 2. The molecule has 0 saturated carbocycles. The number of ether oxygens (including phenoxy) is 2. The van der Waals surface area contributed by atoms with Crippen LogP contribution in [0.2, 0.25) is 0 Å². The first-order chi connectivity index (χ1) is 13.2. The fraction of sp³-hybridized carbons (Fsp3) is 0.421. The van der Waals surface area contributed by atoms with E-state index in [0.29, 0.717) is 24.0 Å². The summed E-state index contributed by atoms with van der Waals surface area (Å²) in [6.07, 6.45) is 2.14. The molecular weight excluding hydrogens is 366 g/mol. The molecule has 1 aromatic heterocycles. The third kappa shape index (κ3) is 3.68. The summed E-state index contributed by atoms with van der Waals surface area (Å²) < 4.78 is 10.9. The molecule has 0 aliphatic carbocycles. The number of carbonyl (C=O) groups is 2. The van der Waals surface area contributed by atoms with E-state index in [2.05, 4.69) is 10.3 Å². The lowest BCUT2D eigenvalue weighted by Crippen LogP contribution is -2.39. The Morgan fingerprint density at radius 2 is 2.33 bits per heavy atom. The van der Waals surface area contributed by atoms with Gasteiger partial charge in [0.2, 0.25) is 0 Å². The Hall–Kier alpha value is -2.45. The van der Waals surface area contributed by atoms with Crippen molar-refractivity contribution in [3.8, 4) is 17.0 Å². The number of nitrogens with zero attached hydrogens (tertiary/aromatic N) is 2. The largest absolute Gasteiger partial charge is 0.482 e. The fourth-order valence-electron chi connectivity index (χ4n) is 3.26. The molecule has 3 heterocycles. The van der Waals surface area contributed by atoms with Crippen LogP contribution >= 0.6 is 11.3 Å². The van der Waals surface area contributed by atoms with E-state index >= 15 is 0 Å². The maximum absolute atomic E-state index is 12.2. The van der Waals surface area contributed by atoms with E-state index < -0.39 is 0 Å². The van der Waals surface area contributed by atoms with Crippen molar-refractivity contribution in [2.75, 3.05) is 30.0 Å². The first kappa shape index (κ1) is 17.9. The van der Waals surface area contributed by atoms with Crippen LogP contribution in [0.25, 0.3) is 11.3 Å². The molecule has 1 saturated heterocycles.